The molecule has 0 aliphatic carbocycles. The van der Waals surface area contributed by atoms with Crippen molar-refractivity contribution in [1.82, 2.24) is 5.32 Å². The number of nitrogens with one attached hydrogen (secondary N) is 1. The van der Waals surface area contributed by atoms with Crippen molar-refractivity contribution in [3.63, 3.8) is 0 Å². The molecular weight excluding hydrogens is 278 g/mol. The van der Waals surface area contributed by atoms with E-state index < -0.39 is 23.8 Å². The maximum Gasteiger partial charge on any atom is 0.339 e. The highest BCUT2D eigenvalue weighted by Crippen LogP contribution is 2.23. The van der Waals surface area contributed by atoms with E-state index in [-0.39, 0.29) is 35.5 Å². The van der Waals surface area contributed by atoms with Crippen LogP contribution in [-0.2, 0) is 9.47 Å². The Balaban J connectivity index is 2.58. The molecule has 0 saturated carbocycles. The minimum absolute atomic E-state index is 0.0381. The third kappa shape index (κ3) is 2.62. The van der Waals surface area contributed by atoms with Gasteiger partial charge in [0.1, 0.15) is 0 Å². The first-order valence-corrected chi connectivity index (χ1v) is 6.37. The second-order valence-electron chi connectivity index (χ2n) is 4.17. The number of amides is 2. The number of rotatable bonds is 4. The third-order valence-electron chi connectivity index (χ3n) is 2.86. The maximum atomic E-state index is 11.9. The van der Waals surface area contributed by atoms with Crippen molar-refractivity contribution >= 4 is 23.8 Å². The van der Waals surface area contributed by atoms with E-state index in [1.165, 1.54) is 12.1 Å². The Morgan fingerprint density at radius 1 is 0.905 bits per heavy atom. The fourth-order valence-corrected chi connectivity index (χ4v) is 1.97. The number of fused-ring (bicyclic) bond motifs is 1. The molecule has 2 rings (SSSR count). The van der Waals surface area contributed by atoms with E-state index in [4.69, 9.17) is 9.47 Å². The Morgan fingerprint density at radius 3 is 1.62 bits per heavy atom. The van der Waals surface area contributed by atoms with Crippen LogP contribution in [0.15, 0.2) is 12.1 Å². The van der Waals surface area contributed by atoms with E-state index >= 15 is 0 Å². The molecule has 0 unspecified atom stereocenters. The van der Waals surface area contributed by atoms with Gasteiger partial charge in [0.05, 0.1) is 35.5 Å². The van der Waals surface area contributed by atoms with Crippen LogP contribution in [0.4, 0.5) is 0 Å². The van der Waals surface area contributed by atoms with Gasteiger partial charge >= 0.3 is 11.9 Å². The molecule has 1 heterocycles. The standard InChI is InChI=1S/C14H13NO6/c1-3-20-13(18)9-5-7-8(12(17)15-11(7)16)6-10(9)14(19)21-4-2/h5-6H,3-4H2,1-2H3,(H,15,16,17). The average Bonchev–Trinajstić information content (AvgIpc) is 2.73. The second-order valence-corrected chi connectivity index (χ2v) is 4.17. The van der Waals surface area contributed by atoms with Gasteiger partial charge < -0.3 is 9.47 Å². The molecule has 110 valence electrons. The van der Waals surface area contributed by atoms with Gasteiger partial charge in [-0.2, -0.15) is 0 Å². The van der Waals surface area contributed by atoms with E-state index in [1.807, 2.05) is 0 Å². The topological polar surface area (TPSA) is 98.8 Å². The van der Waals surface area contributed by atoms with Crippen molar-refractivity contribution in [2.24, 2.45) is 0 Å². The van der Waals surface area contributed by atoms with Crippen molar-refractivity contribution in [3.8, 4) is 0 Å². The van der Waals surface area contributed by atoms with Crippen LogP contribution in [0, 0.1) is 0 Å². The summed E-state index contributed by atoms with van der Waals surface area (Å²) in [5.74, 6) is -2.74. The van der Waals surface area contributed by atoms with Crippen molar-refractivity contribution in [1.29, 1.82) is 0 Å². The van der Waals surface area contributed by atoms with Crippen LogP contribution in [0.3, 0.4) is 0 Å². The van der Waals surface area contributed by atoms with Gasteiger partial charge in [-0.15, -0.1) is 0 Å². The van der Waals surface area contributed by atoms with E-state index in [0.29, 0.717) is 0 Å². The first kappa shape index (κ1) is 14.7. The zero-order valence-electron chi connectivity index (χ0n) is 11.5. The molecule has 0 radical (unpaired) electrons. The molecule has 1 aromatic rings. The molecule has 1 N–H and O–H groups in total. The quantitative estimate of drug-likeness (QED) is 0.654. The lowest BCUT2D eigenvalue weighted by molar-refractivity contribution is 0.0478. The highest BCUT2D eigenvalue weighted by molar-refractivity contribution is 6.23. The lowest BCUT2D eigenvalue weighted by Gasteiger charge is -2.09. The van der Waals surface area contributed by atoms with Gasteiger partial charge in [-0.05, 0) is 26.0 Å². The van der Waals surface area contributed by atoms with Gasteiger partial charge in [-0.25, -0.2) is 9.59 Å². The number of benzene rings is 1. The van der Waals surface area contributed by atoms with Crippen molar-refractivity contribution in [2.45, 2.75) is 13.8 Å². The summed E-state index contributed by atoms with van der Waals surface area (Å²) in [6.07, 6.45) is 0. The molecule has 21 heavy (non-hydrogen) atoms. The minimum Gasteiger partial charge on any atom is -0.462 e. The van der Waals surface area contributed by atoms with E-state index in [9.17, 15) is 19.2 Å². The summed E-state index contributed by atoms with van der Waals surface area (Å²) >= 11 is 0. The lowest BCUT2D eigenvalue weighted by Crippen LogP contribution is -2.19. The van der Waals surface area contributed by atoms with Crippen LogP contribution in [-0.4, -0.2) is 37.0 Å². The summed E-state index contributed by atoms with van der Waals surface area (Å²) in [5.41, 5.74) is -0.120. The number of imide groups is 1. The summed E-state index contributed by atoms with van der Waals surface area (Å²) < 4.78 is 9.71. The van der Waals surface area contributed by atoms with Crippen LogP contribution in [0.5, 0.6) is 0 Å². The summed E-state index contributed by atoms with van der Waals surface area (Å²) in [6.45, 7) is 3.46. The van der Waals surface area contributed by atoms with Gasteiger partial charge in [-0.3, -0.25) is 14.9 Å². The Kier molecular flexibility index (Phi) is 4.02. The molecule has 7 heteroatoms. The molecular formula is C14H13NO6. The summed E-state index contributed by atoms with van der Waals surface area (Å²) in [4.78, 5) is 47.1. The first-order valence-electron chi connectivity index (χ1n) is 6.37. The number of carbonyl (C=O) groups is 4. The Hall–Kier alpha value is -2.70. The largest absolute Gasteiger partial charge is 0.462 e. The number of esters is 2. The highest BCUT2D eigenvalue weighted by Gasteiger charge is 2.32. The SMILES string of the molecule is CCOC(=O)c1cc2c(cc1C(=O)OCC)C(=O)NC2=O. The molecule has 0 aromatic heterocycles. The van der Waals surface area contributed by atoms with Gasteiger partial charge in [0.2, 0.25) is 0 Å². The van der Waals surface area contributed by atoms with Crippen LogP contribution in [0.2, 0.25) is 0 Å². The fourth-order valence-electron chi connectivity index (χ4n) is 1.97. The van der Waals surface area contributed by atoms with Gasteiger partial charge in [-0.1, -0.05) is 0 Å². The number of hydrogen-bond donors (Lipinski definition) is 1. The average molecular weight is 291 g/mol. The van der Waals surface area contributed by atoms with Crippen LogP contribution in [0.25, 0.3) is 0 Å². The zero-order chi connectivity index (χ0) is 15.6. The van der Waals surface area contributed by atoms with Crippen molar-refractivity contribution in [2.75, 3.05) is 13.2 Å². The number of ether oxygens (including phenoxy) is 2. The zero-order valence-corrected chi connectivity index (χ0v) is 11.5. The molecule has 1 aliphatic rings. The Labute approximate surface area is 120 Å². The fraction of sp³-hybridized carbons (Fsp3) is 0.286. The van der Waals surface area contributed by atoms with Crippen molar-refractivity contribution < 1.29 is 28.7 Å². The summed E-state index contributed by atoms with van der Waals surface area (Å²) in [5, 5.41) is 2.10. The van der Waals surface area contributed by atoms with Gasteiger partial charge in [0.15, 0.2) is 0 Å². The van der Waals surface area contributed by atoms with Gasteiger partial charge in [0.25, 0.3) is 11.8 Å². The predicted octanol–water partition coefficient (Wildman–Crippen LogP) is 0.924. The Morgan fingerprint density at radius 2 is 1.29 bits per heavy atom. The summed E-state index contributed by atoms with van der Waals surface area (Å²) in [7, 11) is 0. The van der Waals surface area contributed by atoms with Crippen LogP contribution >= 0.6 is 0 Å². The first-order chi connectivity index (χ1) is 9.99. The molecule has 1 aromatic carbocycles. The minimum atomic E-state index is -0.754. The van der Waals surface area contributed by atoms with Crippen molar-refractivity contribution in [3.05, 3.63) is 34.4 Å². The third-order valence-corrected chi connectivity index (χ3v) is 2.86. The van der Waals surface area contributed by atoms with Gasteiger partial charge in [0, 0.05) is 0 Å². The highest BCUT2D eigenvalue weighted by atomic mass is 16.5. The lowest BCUT2D eigenvalue weighted by atomic mass is 9.99. The van der Waals surface area contributed by atoms with E-state index in [0.717, 1.165) is 0 Å². The molecule has 2 amide bonds. The molecule has 7 nitrogen and oxygen atoms in total. The van der Waals surface area contributed by atoms with E-state index in [1.54, 1.807) is 13.8 Å². The van der Waals surface area contributed by atoms with Crippen LogP contribution in [0.1, 0.15) is 55.3 Å². The number of hydrogen-bond acceptors (Lipinski definition) is 6. The maximum absolute atomic E-state index is 11.9. The normalized spacial score (nSPS) is 12.7. The molecule has 0 atom stereocenters. The smallest absolute Gasteiger partial charge is 0.339 e. The molecule has 0 saturated heterocycles. The molecule has 0 bridgehead atoms. The monoisotopic (exact) mass is 291 g/mol. The Bertz CT molecular complexity index is 594. The predicted molar refractivity (Wildman–Crippen MR) is 70.2 cm³/mol. The number of carbonyl (C=O) groups excluding carboxylic acids is 4. The molecule has 0 spiro atoms. The second kappa shape index (κ2) is 5.74. The summed E-state index contributed by atoms with van der Waals surface area (Å²) in [6, 6.07) is 2.36. The molecule has 0 fully saturated rings. The van der Waals surface area contributed by atoms with E-state index in [2.05, 4.69) is 5.32 Å². The molecule has 1 aliphatic heterocycles. The van der Waals surface area contributed by atoms with Crippen LogP contribution < -0.4 is 5.32 Å².